The van der Waals surface area contributed by atoms with E-state index in [9.17, 15) is 4.79 Å². The maximum atomic E-state index is 12.0. The number of nitrogens with zero attached hydrogens (tertiary/aromatic N) is 2. The van der Waals surface area contributed by atoms with Gasteiger partial charge in [-0.1, -0.05) is 17.7 Å². The zero-order valence-electron chi connectivity index (χ0n) is 8.63. The van der Waals surface area contributed by atoms with Crippen molar-refractivity contribution in [1.29, 1.82) is 0 Å². The molecule has 0 aromatic carbocycles. The lowest BCUT2D eigenvalue weighted by Gasteiger charge is -2.03. The average molecular weight is 247 g/mol. The number of hydrogen-bond acceptors (Lipinski definition) is 3. The van der Waals surface area contributed by atoms with Gasteiger partial charge in [-0.2, -0.15) is 0 Å². The van der Waals surface area contributed by atoms with Crippen molar-refractivity contribution < 1.29 is 4.42 Å². The van der Waals surface area contributed by atoms with Crippen molar-refractivity contribution in [3.63, 3.8) is 0 Å². The molecule has 0 fully saturated rings. The smallest absolute Gasteiger partial charge is 0.277 e. The molecule has 0 aliphatic rings. The molecule has 0 saturated carbocycles. The van der Waals surface area contributed by atoms with E-state index in [4.69, 9.17) is 16.0 Å². The molecule has 0 radical (unpaired) electrons. The predicted octanol–water partition coefficient (Wildman–Crippen LogP) is 2.61. The standard InChI is InChI=1S/C12H7ClN2O2/c13-10-11(8-4-3-7-17-8)14-9-5-1-2-6-15(9)12(10)16/h1-7H. The summed E-state index contributed by atoms with van der Waals surface area (Å²) in [4.78, 5) is 16.3. The molecule has 0 atom stereocenters. The molecule has 5 heteroatoms. The van der Waals surface area contributed by atoms with Crippen molar-refractivity contribution in [2.75, 3.05) is 0 Å². The maximum Gasteiger partial charge on any atom is 0.277 e. The van der Waals surface area contributed by atoms with Crippen LogP contribution in [0.5, 0.6) is 0 Å². The highest BCUT2D eigenvalue weighted by atomic mass is 35.5. The van der Waals surface area contributed by atoms with Crippen molar-refractivity contribution in [1.82, 2.24) is 9.38 Å². The van der Waals surface area contributed by atoms with Gasteiger partial charge in [-0.25, -0.2) is 4.98 Å². The van der Waals surface area contributed by atoms with E-state index in [2.05, 4.69) is 4.98 Å². The SMILES string of the molecule is O=c1c(Cl)c(-c2ccco2)nc2ccccn12. The first-order valence-corrected chi connectivity index (χ1v) is 5.36. The Kier molecular flexibility index (Phi) is 2.23. The molecule has 0 spiro atoms. The van der Waals surface area contributed by atoms with Crippen molar-refractivity contribution >= 4 is 17.2 Å². The van der Waals surface area contributed by atoms with Gasteiger partial charge < -0.3 is 4.42 Å². The number of aromatic nitrogens is 2. The molecule has 3 rings (SSSR count). The van der Waals surface area contributed by atoms with Crippen molar-refractivity contribution in [2.24, 2.45) is 0 Å². The Bertz CT molecular complexity index is 732. The molecule has 0 saturated heterocycles. The number of pyridine rings is 1. The highest BCUT2D eigenvalue weighted by molar-refractivity contribution is 6.32. The van der Waals surface area contributed by atoms with Crippen molar-refractivity contribution in [2.45, 2.75) is 0 Å². The molecule has 3 heterocycles. The molecule has 4 nitrogen and oxygen atoms in total. The largest absolute Gasteiger partial charge is 0.463 e. The predicted molar refractivity (Wildman–Crippen MR) is 64.2 cm³/mol. The number of halogens is 1. The molecule has 3 aromatic heterocycles. The van der Waals surface area contributed by atoms with Crippen LogP contribution in [-0.4, -0.2) is 9.38 Å². The van der Waals surface area contributed by atoms with Gasteiger partial charge in [0.2, 0.25) is 0 Å². The van der Waals surface area contributed by atoms with Gasteiger partial charge in [0.25, 0.3) is 5.56 Å². The van der Waals surface area contributed by atoms with Crippen molar-refractivity contribution in [3.8, 4) is 11.5 Å². The first-order valence-electron chi connectivity index (χ1n) is 4.98. The molecule has 0 bridgehead atoms. The highest BCUT2D eigenvalue weighted by Gasteiger charge is 2.13. The number of fused-ring (bicyclic) bond motifs is 1. The highest BCUT2D eigenvalue weighted by Crippen LogP contribution is 2.23. The third-order valence-corrected chi connectivity index (χ3v) is 2.77. The second-order valence-electron chi connectivity index (χ2n) is 3.49. The molecule has 84 valence electrons. The van der Waals surface area contributed by atoms with Crippen LogP contribution >= 0.6 is 11.6 Å². The molecular weight excluding hydrogens is 240 g/mol. The lowest BCUT2D eigenvalue weighted by atomic mass is 10.3. The molecule has 17 heavy (non-hydrogen) atoms. The van der Waals surface area contributed by atoms with Gasteiger partial charge in [0.05, 0.1) is 6.26 Å². The minimum atomic E-state index is -0.302. The zero-order valence-corrected chi connectivity index (χ0v) is 9.39. The van der Waals surface area contributed by atoms with E-state index in [1.165, 1.54) is 10.7 Å². The van der Waals surface area contributed by atoms with Gasteiger partial charge in [-0.05, 0) is 24.3 Å². The van der Waals surface area contributed by atoms with E-state index in [0.717, 1.165) is 0 Å². The molecule has 0 aliphatic heterocycles. The van der Waals surface area contributed by atoms with Crippen LogP contribution in [0.1, 0.15) is 0 Å². The van der Waals surface area contributed by atoms with Crippen LogP contribution in [0.4, 0.5) is 0 Å². The van der Waals surface area contributed by atoms with Crippen LogP contribution < -0.4 is 5.56 Å². The Labute approximate surface area is 101 Å². The fourth-order valence-corrected chi connectivity index (χ4v) is 1.87. The minimum absolute atomic E-state index is 0.0589. The van der Waals surface area contributed by atoms with Gasteiger partial charge in [0, 0.05) is 6.20 Å². The van der Waals surface area contributed by atoms with Gasteiger partial charge in [0.1, 0.15) is 16.4 Å². The Morgan fingerprint density at radius 2 is 2.12 bits per heavy atom. The second kappa shape index (κ2) is 3.75. The molecule has 0 unspecified atom stereocenters. The monoisotopic (exact) mass is 246 g/mol. The van der Waals surface area contributed by atoms with Crippen LogP contribution in [0.15, 0.2) is 52.0 Å². The topological polar surface area (TPSA) is 47.5 Å². The van der Waals surface area contributed by atoms with E-state index in [1.807, 2.05) is 6.07 Å². The summed E-state index contributed by atoms with van der Waals surface area (Å²) in [5, 5.41) is 0.0589. The summed E-state index contributed by atoms with van der Waals surface area (Å²) in [6.45, 7) is 0. The fourth-order valence-electron chi connectivity index (χ4n) is 1.64. The number of rotatable bonds is 1. The summed E-state index contributed by atoms with van der Waals surface area (Å²) in [6.07, 6.45) is 3.14. The van der Waals surface area contributed by atoms with Crippen LogP contribution in [0.2, 0.25) is 5.02 Å². The molecule has 0 amide bonds. The summed E-state index contributed by atoms with van der Waals surface area (Å²) >= 11 is 6.01. The normalized spacial score (nSPS) is 10.9. The van der Waals surface area contributed by atoms with Gasteiger partial charge in [0.15, 0.2) is 5.76 Å². The lowest BCUT2D eigenvalue weighted by molar-refractivity contribution is 0.580. The summed E-state index contributed by atoms with van der Waals surface area (Å²) in [5.74, 6) is 0.485. The lowest BCUT2D eigenvalue weighted by Crippen LogP contribution is -2.16. The van der Waals surface area contributed by atoms with Gasteiger partial charge >= 0.3 is 0 Å². The number of hydrogen-bond donors (Lipinski definition) is 0. The minimum Gasteiger partial charge on any atom is -0.463 e. The molecule has 0 N–H and O–H groups in total. The van der Waals surface area contributed by atoms with Crippen LogP contribution in [0.3, 0.4) is 0 Å². The second-order valence-corrected chi connectivity index (χ2v) is 3.86. The first kappa shape index (κ1) is 10.1. The van der Waals surface area contributed by atoms with Crippen LogP contribution in [0.25, 0.3) is 17.1 Å². The van der Waals surface area contributed by atoms with Gasteiger partial charge in [-0.3, -0.25) is 9.20 Å². The van der Waals surface area contributed by atoms with Crippen LogP contribution in [-0.2, 0) is 0 Å². The van der Waals surface area contributed by atoms with E-state index < -0.39 is 0 Å². The maximum absolute atomic E-state index is 12.0. The Morgan fingerprint density at radius 1 is 1.24 bits per heavy atom. The van der Waals surface area contributed by atoms with Gasteiger partial charge in [-0.15, -0.1) is 0 Å². The fraction of sp³-hybridized carbons (Fsp3) is 0. The number of furan rings is 1. The zero-order chi connectivity index (χ0) is 11.8. The summed E-state index contributed by atoms with van der Waals surface area (Å²) < 4.78 is 6.61. The summed E-state index contributed by atoms with van der Waals surface area (Å²) in [7, 11) is 0. The first-order chi connectivity index (χ1) is 8.27. The van der Waals surface area contributed by atoms with E-state index in [1.54, 1.807) is 30.5 Å². The van der Waals surface area contributed by atoms with E-state index in [-0.39, 0.29) is 10.6 Å². The van der Waals surface area contributed by atoms with E-state index >= 15 is 0 Å². The Morgan fingerprint density at radius 3 is 2.88 bits per heavy atom. The quantitative estimate of drug-likeness (QED) is 0.663. The molecular formula is C12H7ClN2O2. The third kappa shape index (κ3) is 1.54. The van der Waals surface area contributed by atoms with Crippen LogP contribution in [0, 0.1) is 0 Å². The average Bonchev–Trinajstić information content (AvgIpc) is 2.87. The Hall–Kier alpha value is -2.07. The molecule has 3 aromatic rings. The third-order valence-electron chi connectivity index (χ3n) is 2.43. The van der Waals surface area contributed by atoms with E-state index in [0.29, 0.717) is 17.1 Å². The summed E-state index contributed by atoms with van der Waals surface area (Å²) in [5.41, 5.74) is 0.602. The Balaban J connectivity index is 2.42. The van der Waals surface area contributed by atoms with Crippen molar-refractivity contribution in [3.05, 3.63) is 58.2 Å². The summed E-state index contributed by atoms with van der Waals surface area (Å²) in [6, 6.07) is 8.73. The molecule has 0 aliphatic carbocycles.